The second-order valence-electron chi connectivity index (χ2n) is 4.58. The van der Waals surface area contributed by atoms with Gasteiger partial charge in [0, 0.05) is 19.6 Å². The zero-order valence-electron chi connectivity index (χ0n) is 12.0. The standard InChI is InChI=1S/C14H19ClN4O/c1-4-9-17-12-6-5-11(15)13(18-12)14(20)19(3)10(2)7-8-16/h5-6,10H,4,7,9H2,1-3H3,(H,17,18). The number of nitrogens with one attached hydrogen (secondary N) is 1. The predicted octanol–water partition coefficient (Wildman–Crippen LogP) is 2.93. The Hall–Kier alpha value is -1.80. The van der Waals surface area contributed by atoms with Crippen LogP contribution in [0.5, 0.6) is 0 Å². The second-order valence-corrected chi connectivity index (χ2v) is 4.99. The number of hydrogen-bond donors (Lipinski definition) is 1. The van der Waals surface area contributed by atoms with Crippen molar-refractivity contribution in [2.75, 3.05) is 18.9 Å². The summed E-state index contributed by atoms with van der Waals surface area (Å²) in [7, 11) is 1.65. The number of pyridine rings is 1. The van der Waals surface area contributed by atoms with Gasteiger partial charge in [0.25, 0.3) is 5.91 Å². The second kappa shape index (κ2) is 7.71. The van der Waals surface area contributed by atoms with E-state index in [4.69, 9.17) is 16.9 Å². The maximum atomic E-state index is 12.3. The van der Waals surface area contributed by atoms with E-state index >= 15 is 0 Å². The van der Waals surface area contributed by atoms with Crippen LogP contribution in [-0.2, 0) is 0 Å². The number of hydrogen-bond acceptors (Lipinski definition) is 4. The molecule has 0 radical (unpaired) electrons. The highest BCUT2D eigenvalue weighted by Gasteiger charge is 2.21. The molecule has 0 spiro atoms. The van der Waals surface area contributed by atoms with Crippen LogP contribution in [0.1, 0.15) is 37.2 Å². The molecule has 1 N–H and O–H groups in total. The van der Waals surface area contributed by atoms with Crippen molar-refractivity contribution in [2.45, 2.75) is 32.7 Å². The fourth-order valence-corrected chi connectivity index (χ4v) is 1.77. The van der Waals surface area contributed by atoms with Crippen molar-refractivity contribution in [1.82, 2.24) is 9.88 Å². The third-order valence-electron chi connectivity index (χ3n) is 2.97. The summed E-state index contributed by atoms with van der Waals surface area (Å²) in [4.78, 5) is 18.1. The SMILES string of the molecule is CCCNc1ccc(Cl)c(C(=O)N(C)C(C)CC#N)n1. The summed E-state index contributed by atoms with van der Waals surface area (Å²) in [5.74, 6) is 0.346. The summed E-state index contributed by atoms with van der Waals surface area (Å²) in [6, 6.07) is 5.27. The highest BCUT2D eigenvalue weighted by atomic mass is 35.5. The molecule has 20 heavy (non-hydrogen) atoms. The van der Waals surface area contributed by atoms with E-state index in [1.807, 2.05) is 19.9 Å². The molecule has 1 heterocycles. The molecule has 0 saturated carbocycles. The van der Waals surface area contributed by atoms with E-state index in [-0.39, 0.29) is 24.1 Å². The average Bonchev–Trinajstić information content (AvgIpc) is 2.45. The first-order valence-electron chi connectivity index (χ1n) is 6.55. The lowest BCUT2D eigenvalue weighted by Gasteiger charge is -2.23. The largest absolute Gasteiger partial charge is 0.370 e. The van der Waals surface area contributed by atoms with Gasteiger partial charge < -0.3 is 10.2 Å². The van der Waals surface area contributed by atoms with E-state index in [1.165, 1.54) is 4.90 Å². The zero-order chi connectivity index (χ0) is 15.1. The Kier molecular flexibility index (Phi) is 6.26. The van der Waals surface area contributed by atoms with E-state index in [1.54, 1.807) is 19.2 Å². The molecule has 1 amide bonds. The van der Waals surface area contributed by atoms with Gasteiger partial charge in [0.1, 0.15) is 11.5 Å². The minimum absolute atomic E-state index is 0.183. The molecule has 0 fully saturated rings. The number of anilines is 1. The minimum atomic E-state index is -0.280. The van der Waals surface area contributed by atoms with Crippen molar-refractivity contribution in [3.8, 4) is 6.07 Å². The number of carbonyl (C=O) groups is 1. The molecule has 108 valence electrons. The highest BCUT2D eigenvalue weighted by molar-refractivity contribution is 6.33. The van der Waals surface area contributed by atoms with Crippen LogP contribution >= 0.6 is 11.6 Å². The molecule has 1 aromatic rings. The van der Waals surface area contributed by atoms with Crippen LogP contribution in [0.15, 0.2) is 12.1 Å². The molecular weight excluding hydrogens is 276 g/mol. The van der Waals surface area contributed by atoms with Crippen molar-refractivity contribution < 1.29 is 4.79 Å². The number of halogens is 1. The van der Waals surface area contributed by atoms with E-state index in [9.17, 15) is 4.79 Å². The van der Waals surface area contributed by atoms with Crippen LogP contribution in [0.25, 0.3) is 0 Å². The molecular formula is C14H19ClN4O. The van der Waals surface area contributed by atoms with Crippen LogP contribution in [0, 0.1) is 11.3 Å². The summed E-state index contributed by atoms with van der Waals surface area (Å²) < 4.78 is 0. The minimum Gasteiger partial charge on any atom is -0.370 e. The lowest BCUT2D eigenvalue weighted by molar-refractivity contribution is 0.0740. The first kappa shape index (κ1) is 16.3. The quantitative estimate of drug-likeness (QED) is 0.876. The van der Waals surface area contributed by atoms with Crippen LogP contribution in [-0.4, -0.2) is 35.4 Å². The fraction of sp³-hybridized carbons (Fsp3) is 0.500. The third-order valence-corrected chi connectivity index (χ3v) is 3.28. The molecule has 0 aliphatic rings. The van der Waals surface area contributed by atoms with Gasteiger partial charge in [0.2, 0.25) is 0 Å². The maximum Gasteiger partial charge on any atom is 0.274 e. The summed E-state index contributed by atoms with van der Waals surface area (Å²) >= 11 is 6.05. The van der Waals surface area contributed by atoms with E-state index in [0.29, 0.717) is 10.8 Å². The summed E-state index contributed by atoms with van der Waals surface area (Å²) in [6.45, 7) is 4.64. The van der Waals surface area contributed by atoms with Crippen molar-refractivity contribution in [2.24, 2.45) is 0 Å². The number of amides is 1. The normalized spacial score (nSPS) is 11.6. The molecule has 1 unspecified atom stereocenters. The molecule has 1 aromatic heterocycles. The Bertz CT molecular complexity index is 512. The first-order chi connectivity index (χ1) is 9.51. The lowest BCUT2D eigenvalue weighted by atomic mass is 10.2. The van der Waals surface area contributed by atoms with Crippen LogP contribution < -0.4 is 5.32 Å². The van der Waals surface area contributed by atoms with Gasteiger partial charge in [0.15, 0.2) is 0 Å². The Labute approximate surface area is 124 Å². The lowest BCUT2D eigenvalue weighted by Crippen LogP contribution is -2.35. The molecule has 1 atom stereocenters. The van der Waals surface area contributed by atoms with Gasteiger partial charge in [-0.2, -0.15) is 5.26 Å². The van der Waals surface area contributed by atoms with E-state index in [0.717, 1.165) is 13.0 Å². The summed E-state index contributed by atoms with van der Waals surface area (Å²) in [5, 5.41) is 12.1. The van der Waals surface area contributed by atoms with Crippen molar-refractivity contribution in [3.05, 3.63) is 22.8 Å². The Morgan fingerprint density at radius 2 is 2.30 bits per heavy atom. The Morgan fingerprint density at radius 1 is 1.60 bits per heavy atom. The molecule has 6 heteroatoms. The average molecular weight is 295 g/mol. The fourth-order valence-electron chi connectivity index (χ4n) is 1.58. The molecule has 0 aliphatic carbocycles. The molecule has 0 aliphatic heterocycles. The molecule has 1 rings (SSSR count). The van der Waals surface area contributed by atoms with Crippen LogP contribution in [0.2, 0.25) is 5.02 Å². The van der Waals surface area contributed by atoms with Gasteiger partial charge in [-0.3, -0.25) is 4.79 Å². The van der Waals surface area contributed by atoms with E-state index < -0.39 is 0 Å². The summed E-state index contributed by atoms with van der Waals surface area (Å²) in [5.41, 5.74) is 0.208. The Morgan fingerprint density at radius 3 is 2.90 bits per heavy atom. The highest BCUT2D eigenvalue weighted by Crippen LogP contribution is 2.19. The number of nitriles is 1. The monoisotopic (exact) mass is 294 g/mol. The van der Waals surface area contributed by atoms with Gasteiger partial charge in [-0.1, -0.05) is 18.5 Å². The van der Waals surface area contributed by atoms with Crippen molar-refractivity contribution >= 4 is 23.3 Å². The number of nitrogens with zero attached hydrogens (tertiary/aromatic N) is 3. The number of rotatable bonds is 6. The van der Waals surface area contributed by atoms with Gasteiger partial charge in [-0.05, 0) is 25.5 Å². The molecule has 5 nitrogen and oxygen atoms in total. The van der Waals surface area contributed by atoms with E-state index in [2.05, 4.69) is 10.3 Å². The predicted molar refractivity (Wildman–Crippen MR) is 79.8 cm³/mol. The molecule has 0 bridgehead atoms. The Balaban J connectivity index is 2.94. The number of aromatic nitrogens is 1. The zero-order valence-corrected chi connectivity index (χ0v) is 12.7. The van der Waals surface area contributed by atoms with Gasteiger partial charge in [-0.15, -0.1) is 0 Å². The van der Waals surface area contributed by atoms with Gasteiger partial charge in [0.05, 0.1) is 17.5 Å². The first-order valence-corrected chi connectivity index (χ1v) is 6.93. The third kappa shape index (κ3) is 4.10. The van der Waals surface area contributed by atoms with Crippen LogP contribution in [0.4, 0.5) is 5.82 Å². The topological polar surface area (TPSA) is 69.0 Å². The maximum absolute atomic E-state index is 12.3. The summed E-state index contributed by atoms with van der Waals surface area (Å²) in [6.07, 6.45) is 1.24. The van der Waals surface area contributed by atoms with Gasteiger partial charge >= 0.3 is 0 Å². The van der Waals surface area contributed by atoms with Crippen LogP contribution in [0.3, 0.4) is 0 Å². The molecule has 0 aromatic carbocycles. The van der Waals surface area contributed by atoms with Gasteiger partial charge in [-0.25, -0.2) is 4.98 Å². The number of carbonyl (C=O) groups excluding carboxylic acids is 1. The van der Waals surface area contributed by atoms with Crippen molar-refractivity contribution in [1.29, 1.82) is 5.26 Å². The van der Waals surface area contributed by atoms with Crippen molar-refractivity contribution in [3.63, 3.8) is 0 Å². The molecule has 0 saturated heterocycles. The smallest absolute Gasteiger partial charge is 0.274 e.